The van der Waals surface area contributed by atoms with Gasteiger partial charge in [0.25, 0.3) is 0 Å². The molecule has 0 atom stereocenters. The van der Waals surface area contributed by atoms with Crippen molar-refractivity contribution in [2.45, 2.75) is 20.3 Å². The van der Waals surface area contributed by atoms with Crippen LogP contribution in [-0.4, -0.2) is 25.1 Å². The minimum atomic E-state index is -0.451. The Kier molecular flexibility index (Phi) is 6.37. The van der Waals surface area contributed by atoms with Gasteiger partial charge in [-0.05, 0) is 42.3 Å². The molecule has 0 fully saturated rings. The van der Waals surface area contributed by atoms with Crippen LogP contribution >= 0.6 is 0 Å². The largest absolute Gasteiger partial charge is 0.490 e. The van der Waals surface area contributed by atoms with E-state index in [1.165, 1.54) is 12.5 Å². The molecule has 0 spiro atoms. The van der Waals surface area contributed by atoms with Gasteiger partial charge in [0, 0.05) is 12.6 Å². The summed E-state index contributed by atoms with van der Waals surface area (Å²) in [6, 6.07) is 14.4. The summed E-state index contributed by atoms with van der Waals surface area (Å²) in [6.07, 6.45) is 0.941. The molecule has 1 N–H and O–H groups in total. The van der Waals surface area contributed by atoms with Crippen molar-refractivity contribution in [3.8, 4) is 5.75 Å². The molecular formula is C19H21NO4. The lowest BCUT2D eigenvalue weighted by Crippen LogP contribution is -2.13. The summed E-state index contributed by atoms with van der Waals surface area (Å²) in [7, 11) is 0. The summed E-state index contributed by atoms with van der Waals surface area (Å²) in [5, 5.41) is 2.63. The number of amides is 1. The van der Waals surface area contributed by atoms with Crippen molar-refractivity contribution in [3.05, 3.63) is 59.7 Å². The van der Waals surface area contributed by atoms with E-state index >= 15 is 0 Å². The second-order valence-corrected chi connectivity index (χ2v) is 5.25. The van der Waals surface area contributed by atoms with Crippen LogP contribution in [0.4, 0.5) is 5.69 Å². The minimum Gasteiger partial charge on any atom is -0.490 e. The third-order valence-corrected chi connectivity index (χ3v) is 3.31. The van der Waals surface area contributed by atoms with Crippen molar-refractivity contribution in [3.63, 3.8) is 0 Å². The molecule has 5 heteroatoms. The van der Waals surface area contributed by atoms with Crippen LogP contribution in [0.3, 0.4) is 0 Å². The summed E-state index contributed by atoms with van der Waals surface area (Å²) in [5.41, 5.74) is 2.14. The van der Waals surface area contributed by atoms with Gasteiger partial charge in [-0.15, -0.1) is 0 Å². The Bertz CT molecular complexity index is 712. The third kappa shape index (κ3) is 5.43. The van der Waals surface area contributed by atoms with E-state index in [0.717, 1.165) is 12.2 Å². The number of ether oxygens (including phenoxy) is 2. The zero-order valence-electron chi connectivity index (χ0n) is 13.9. The van der Waals surface area contributed by atoms with Gasteiger partial charge in [0.2, 0.25) is 5.91 Å². The highest BCUT2D eigenvalue weighted by Crippen LogP contribution is 2.14. The highest BCUT2D eigenvalue weighted by atomic mass is 16.6. The molecule has 1 amide bonds. The molecule has 5 nitrogen and oxygen atoms in total. The van der Waals surface area contributed by atoms with Crippen molar-refractivity contribution in [2.75, 3.05) is 18.5 Å². The Labute approximate surface area is 141 Å². The maximum Gasteiger partial charge on any atom is 0.338 e. The molecular weight excluding hydrogens is 306 g/mol. The molecule has 0 aliphatic heterocycles. The Balaban J connectivity index is 1.81. The molecule has 0 unspecified atom stereocenters. The molecule has 0 heterocycles. The first-order valence-electron chi connectivity index (χ1n) is 7.85. The fraction of sp³-hybridized carbons (Fsp3) is 0.263. The fourth-order valence-corrected chi connectivity index (χ4v) is 2.16. The van der Waals surface area contributed by atoms with Gasteiger partial charge in [-0.1, -0.05) is 25.1 Å². The van der Waals surface area contributed by atoms with Gasteiger partial charge in [0.05, 0.1) is 5.56 Å². The number of nitrogens with one attached hydrogen (secondary N) is 1. The number of hydrogen-bond donors (Lipinski definition) is 1. The zero-order chi connectivity index (χ0) is 17.4. The van der Waals surface area contributed by atoms with E-state index in [1.807, 2.05) is 24.3 Å². The molecule has 126 valence electrons. The smallest absolute Gasteiger partial charge is 0.338 e. The minimum absolute atomic E-state index is 0.152. The molecule has 0 saturated heterocycles. The van der Waals surface area contributed by atoms with Crippen molar-refractivity contribution >= 4 is 17.6 Å². The summed E-state index contributed by atoms with van der Waals surface area (Å²) >= 11 is 0. The van der Waals surface area contributed by atoms with Gasteiger partial charge in [0.15, 0.2) is 0 Å². The molecule has 0 bridgehead atoms. The van der Waals surface area contributed by atoms with Gasteiger partial charge in [-0.2, -0.15) is 0 Å². The Hall–Kier alpha value is -2.82. The van der Waals surface area contributed by atoms with Gasteiger partial charge < -0.3 is 14.8 Å². The van der Waals surface area contributed by atoms with Crippen molar-refractivity contribution in [2.24, 2.45) is 0 Å². The second kappa shape index (κ2) is 8.72. The molecule has 0 radical (unpaired) electrons. The third-order valence-electron chi connectivity index (χ3n) is 3.31. The van der Waals surface area contributed by atoms with Crippen LogP contribution in [0.25, 0.3) is 0 Å². The fourth-order valence-electron chi connectivity index (χ4n) is 2.16. The van der Waals surface area contributed by atoms with Crippen LogP contribution in [0.5, 0.6) is 5.75 Å². The van der Waals surface area contributed by atoms with Gasteiger partial charge in [-0.25, -0.2) is 4.79 Å². The number of benzene rings is 2. The Morgan fingerprint density at radius 2 is 1.83 bits per heavy atom. The number of esters is 1. The maximum atomic E-state index is 12.0. The van der Waals surface area contributed by atoms with E-state index in [0.29, 0.717) is 11.3 Å². The highest BCUT2D eigenvalue weighted by molar-refractivity contribution is 5.93. The lowest BCUT2D eigenvalue weighted by molar-refractivity contribution is -0.114. The number of aryl methyl sites for hydroxylation is 1. The van der Waals surface area contributed by atoms with Crippen molar-refractivity contribution < 1.29 is 19.1 Å². The predicted molar refractivity (Wildman–Crippen MR) is 92.3 cm³/mol. The van der Waals surface area contributed by atoms with E-state index in [9.17, 15) is 9.59 Å². The van der Waals surface area contributed by atoms with Gasteiger partial charge in [-0.3, -0.25) is 4.79 Å². The van der Waals surface area contributed by atoms with Crippen LogP contribution in [0.15, 0.2) is 48.5 Å². The van der Waals surface area contributed by atoms with Crippen molar-refractivity contribution in [1.82, 2.24) is 0 Å². The van der Waals surface area contributed by atoms with Gasteiger partial charge >= 0.3 is 5.97 Å². The molecule has 2 aromatic carbocycles. The summed E-state index contributed by atoms with van der Waals surface area (Å²) in [4.78, 5) is 23.0. The van der Waals surface area contributed by atoms with E-state index < -0.39 is 5.97 Å². The molecule has 0 saturated carbocycles. The average molecular weight is 327 g/mol. The lowest BCUT2D eigenvalue weighted by Gasteiger charge is -2.09. The first kappa shape index (κ1) is 17.5. The van der Waals surface area contributed by atoms with Crippen LogP contribution in [0, 0.1) is 0 Å². The standard InChI is InChI=1S/C19H21NO4/c1-3-15-6-4-9-18(12-15)23-10-11-24-19(22)16-7-5-8-17(13-16)20-14(2)21/h4-9,12-13H,3,10-11H2,1-2H3,(H,20,21). The summed E-state index contributed by atoms with van der Waals surface area (Å²) in [5.74, 6) is 0.120. The van der Waals surface area contributed by atoms with Crippen LogP contribution in [0.2, 0.25) is 0 Å². The number of carbonyl (C=O) groups is 2. The summed E-state index contributed by atoms with van der Waals surface area (Å²) in [6.45, 7) is 3.93. The quantitative estimate of drug-likeness (QED) is 0.625. The molecule has 24 heavy (non-hydrogen) atoms. The highest BCUT2D eigenvalue weighted by Gasteiger charge is 2.08. The van der Waals surface area contributed by atoms with E-state index in [-0.39, 0.29) is 19.1 Å². The van der Waals surface area contributed by atoms with E-state index in [4.69, 9.17) is 9.47 Å². The molecule has 2 aromatic rings. The van der Waals surface area contributed by atoms with E-state index in [1.54, 1.807) is 24.3 Å². The number of carbonyl (C=O) groups excluding carboxylic acids is 2. The summed E-state index contributed by atoms with van der Waals surface area (Å²) < 4.78 is 10.8. The zero-order valence-corrected chi connectivity index (χ0v) is 13.9. The van der Waals surface area contributed by atoms with Crippen LogP contribution in [0.1, 0.15) is 29.8 Å². The monoisotopic (exact) mass is 327 g/mol. The predicted octanol–water partition coefficient (Wildman–Crippen LogP) is 3.44. The average Bonchev–Trinajstić information content (AvgIpc) is 2.58. The molecule has 0 aliphatic rings. The van der Waals surface area contributed by atoms with E-state index in [2.05, 4.69) is 12.2 Å². The number of anilines is 1. The SMILES string of the molecule is CCc1cccc(OCCOC(=O)c2cccc(NC(C)=O)c2)c1. The van der Waals surface area contributed by atoms with Crippen molar-refractivity contribution in [1.29, 1.82) is 0 Å². The Morgan fingerprint density at radius 3 is 2.58 bits per heavy atom. The second-order valence-electron chi connectivity index (χ2n) is 5.25. The van der Waals surface area contributed by atoms with Gasteiger partial charge in [0.1, 0.15) is 19.0 Å². The topological polar surface area (TPSA) is 64.6 Å². The number of hydrogen-bond acceptors (Lipinski definition) is 4. The Morgan fingerprint density at radius 1 is 1.04 bits per heavy atom. The van der Waals surface area contributed by atoms with Crippen LogP contribution < -0.4 is 10.1 Å². The molecule has 0 aromatic heterocycles. The first-order valence-corrected chi connectivity index (χ1v) is 7.85. The maximum absolute atomic E-state index is 12.0. The lowest BCUT2D eigenvalue weighted by atomic mass is 10.2. The normalized spacial score (nSPS) is 10.1. The van der Waals surface area contributed by atoms with Crippen LogP contribution in [-0.2, 0) is 16.0 Å². The number of rotatable bonds is 7. The molecule has 2 rings (SSSR count). The first-order chi connectivity index (χ1) is 11.6. The molecule has 0 aliphatic carbocycles.